The predicted octanol–water partition coefficient (Wildman–Crippen LogP) is 8.54. The zero-order valence-electron chi connectivity index (χ0n) is 15.9. The van der Waals surface area contributed by atoms with Crippen LogP contribution in [0.3, 0.4) is 0 Å². The summed E-state index contributed by atoms with van der Waals surface area (Å²) in [6, 6.07) is 16.3. The molecule has 0 fully saturated rings. The maximum Gasteiger partial charge on any atom is 0.647 e. The largest absolute Gasteiger partial charge is 0.647 e. The first-order valence-electron chi connectivity index (χ1n) is 8.64. The van der Waals surface area contributed by atoms with Crippen molar-refractivity contribution in [1.82, 2.24) is 0 Å². The Morgan fingerprint density at radius 1 is 0.586 bits per heavy atom. The third-order valence-corrected chi connectivity index (χ3v) is 8.41. The van der Waals surface area contributed by atoms with Gasteiger partial charge in [-0.05, 0) is 103 Å². The Kier molecular flexibility index (Phi) is 7.15. The highest BCUT2D eigenvalue weighted by Gasteiger charge is 2.35. The Bertz CT molecular complexity index is 965. The Labute approximate surface area is 195 Å². The van der Waals surface area contributed by atoms with Crippen molar-refractivity contribution in [2.75, 3.05) is 0 Å². The molecule has 0 spiro atoms. The van der Waals surface area contributed by atoms with Crippen LogP contribution in [-0.2, 0) is 4.57 Å². The maximum absolute atomic E-state index is 13.8. The van der Waals surface area contributed by atoms with Gasteiger partial charge in [-0.25, -0.2) is 0 Å². The summed E-state index contributed by atoms with van der Waals surface area (Å²) < 4.78 is 33.3. The average molecular weight is 605 g/mol. The Morgan fingerprint density at radius 2 is 0.862 bits per heavy atom. The number of phosphoric acid groups is 1. The van der Waals surface area contributed by atoms with Gasteiger partial charge in [-0.15, -0.1) is 0 Å². The molecule has 0 saturated carbocycles. The van der Waals surface area contributed by atoms with E-state index in [9.17, 15) is 4.57 Å². The van der Waals surface area contributed by atoms with Gasteiger partial charge in [-0.1, -0.05) is 36.4 Å². The molecule has 3 aromatic carbocycles. The molecule has 0 aliphatic heterocycles. The summed E-state index contributed by atoms with van der Waals surface area (Å²) in [6.07, 6.45) is 0. The second-order valence-corrected chi connectivity index (χ2v) is 10.2. The molecule has 0 aromatic heterocycles. The summed E-state index contributed by atoms with van der Waals surface area (Å²) in [4.78, 5) is 0. The number of phosphoric ester groups is 1. The molecular weight excluding hydrogens is 587 g/mol. The highest BCUT2D eigenvalue weighted by Crippen LogP contribution is 2.53. The van der Waals surface area contributed by atoms with Crippen molar-refractivity contribution in [3.8, 4) is 17.2 Å². The molecule has 0 unspecified atom stereocenters. The van der Waals surface area contributed by atoms with Crippen LogP contribution in [0.5, 0.6) is 17.2 Å². The zero-order valence-corrected chi connectivity index (χ0v) is 21.6. The van der Waals surface area contributed by atoms with Crippen LogP contribution in [0, 0.1) is 20.8 Å². The van der Waals surface area contributed by atoms with Gasteiger partial charge in [0.05, 0.1) is 13.4 Å². The van der Waals surface area contributed by atoms with Crippen molar-refractivity contribution in [1.29, 1.82) is 0 Å². The lowest BCUT2D eigenvalue weighted by molar-refractivity contribution is 0.296. The SMILES string of the molecule is Cc1cccc(OP(=O)(Oc2cccc(C)c2Br)Oc2cccc(C)c2Br)c1Br. The Balaban J connectivity index is 2.04. The average Bonchev–Trinajstić information content (AvgIpc) is 2.67. The lowest BCUT2D eigenvalue weighted by Gasteiger charge is -2.22. The minimum atomic E-state index is -4.12. The summed E-state index contributed by atoms with van der Waals surface area (Å²) in [5.41, 5.74) is 2.80. The lowest BCUT2D eigenvalue weighted by atomic mass is 10.2. The molecule has 0 radical (unpaired) electrons. The quantitative estimate of drug-likeness (QED) is 0.265. The van der Waals surface area contributed by atoms with Gasteiger partial charge in [0, 0.05) is 0 Å². The third kappa shape index (κ3) is 5.26. The van der Waals surface area contributed by atoms with E-state index in [1.165, 1.54) is 0 Å². The van der Waals surface area contributed by atoms with E-state index in [2.05, 4.69) is 47.8 Å². The zero-order chi connectivity index (χ0) is 21.2. The van der Waals surface area contributed by atoms with E-state index in [0.29, 0.717) is 30.7 Å². The molecule has 3 aromatic rings. The van der Waals surface area contributed by atoms with Crippen LogP contribution in [0.4, 0.5) is 0 Å². The van der Waals surface area contributed by atoms with Crippen molar-refractivity contribution >= 4 is 55.6 Å². The summed E-state index contributed by atoms with van der Waals surface area (Å²) >= 11 is 10.4. The van der Waals surface area contributed by atoms with Gasteiger partial charge in [-0.2, -0.15) is 4.57 Å². The summed E-state index contributed by atoms with van der Waals surface area (Å²) in [5, 5.41) is 0. The highest BCUT2D eigenvalue weighted by atomic mass is 79.9. The van der Waals surface area contributed by atoms with E-state index >= 15 is 0 Å². The molecule has 0 heterocycles. The maximum atomic E-state index is 13.8. The summed E-state index contributed by atoms with van der Waals surface area (Å²) in [6.45, 7) is 5.74. The fourth-order valence-corrected chi connectivity index (χ4v) is 5.19. The minimum Gasteiger partial charge on any atom is -0.385 e. The molecule has 0 atom stereocenters. The molecule has 0 N–H and O–H groups in total. The van der Waals surface area contributed by atoms with Crippen molar-refractivity contribution < 1.29 is 18.1 Å². The number of aryl methyl sites for hydroxylation is 3. The van der Waals surface area contributed by atoms with E-state index < -0.39 is 7.82 Å². The molecular formula is C21H18Br3O4P. The number of halogens is 3. The first-order valence-corrected chi connectivity index (χ1v) is 12.5. The van der Waals surface area contributed by atoms with Crippen LogP contribution in [0.1, 0.15) is 16.7 Å². The highest BCUT2D eigenvalue weighted by molar-refractivity contribution is 9.11. The van der Waals surface area contributed by atoms with Gasteiger partial charge in [-0.3, -0.25) is 0 Å². The number of hydrogen-bond donors (Lipinski definition) is 0. The predicted molar refractivity (Wildman–Crippen MR) is 126 cm³/mol. The van der Waals surface area contributed by atoms with Crippen LogP contribution in [0.25, 0.3) is 0 Å². The Morgan fingerprint density at radius 3 is 1.14 bits per heavy atom. The van der Waals surface area contributed by atoms with Crippen LogP contribution in [0.2, 0.25) is 0 Å². The van der Waals surface area contributed by atoms with Crippen molar-refractivity contribution in [3.05, 3.63) is 84.7 Å². The normalized spacial score (nSPS) is 11.2. The standard InChI is InChI=1S/C21H18Br3O4P/c1-13-7-4-10-16(19(13)22)26-29(25,27-17-11-5-8-14(2)20(17)23)28-18-12-6-9-15(3)21(18)24/h4-12H,1-3H3. The Hall–Kier alpha value is -1.27. The molecule has 152 valence electrons. The molecule has 0 bridgehead atoms. The topological polar surface area (TPSA) is 44.8 Å². The van der Waals surface area contributed by atoms with E-state index in [-0.39, 0.29) is 0 Å². The van der Waals surface area contributed by atoms with Gasteiger partial charge in [0.25, 0.3) is 0 Å². The lowest BCUT2D eigenvalue weighted by Crippen LogP contribution is -2.09. The summed E-state index contributed by atoms with van der Waals surface area (Å²) in [7, 11) is -4.12. The number of benzene rings is 3. The molecule has 29 heavy (non-hydrogen) atoms. The summed E-state index contributed by atoms with van der Waals surface area (Å²) in [5.74, 6) is 1.09. The molecule has 4 nitrogen and oxygen atoms in total. The van der Waals surface area contributed by atoms with E-state index in [1.54, 1.807) is 18.2 Å². The number of rotatable bonds is 6. The van der Waals surface area contributed by atoms with Crippen molar-refractivity contribution in [2.24, 2.45) is 0 Å². The monoisotopic (exact) mass is 602 g/mol. The van der Waals surface area contributed by atoms with E-state index in [0.717, 1.165) is 16.7 Å². The van der Waals surface area contributed by atoms with Gasteiger partial charge < -0.3 is 13.6 Å². The van der Waals surface area contributed by atoms with Gasteiger partial charge >= 0.3 is 7.82 Å². The molecule has 0 saturated heterocycles. The van der Waals surface area contributed by atoms with Crippen molar-refractivity contribution in [3.63, 3.8) is 0 Å². The van der Waals surface area contributed by atoms with Crippen molar-refractivity contribution in [2.45, 2.75) is 20.8 Å². The van der Waals surface area contributed by atoms with Gasteiger partial charge in [0.2, 0.25) is 0 Å². The minimum absolute atomic E-state index is 0.362. The smallest absolute Gasteiger partial charge is 0.385 e. The van der Waals surface area contributed by atoms with Crippen LogP contribution in [0.15, 0.2) is 68.0 Å². The fraction of sp³-hybridized carbons (Fsp3) is 0.143. The second-order valence-electron chi connectivity index (χ2n) is 6.38. The number of hydrogen-bond acceptors (Lipinski definition) is 4. The molecule has 8 heteroatoms. The fourth-order valence-electron chi connectivity index (χ4n) is 2.49. The van der Waals surface area contributed by atoms with E-state index in [1.807, 2.05) is 57.2 Å². The van der Waals surface area contributed by atoms with Crippen LogP contribution in [-0.4, -0.2) is 0 Å². The second kappa shape index (κ2) is 9.25. The molecule has 3 rings (SSSR count). The first kappa shape index (κ1) is 22.4. The van der Waals surface area contributed by atoms with E-state index in [4.69, 9.17) is 13.6 Å². The van der Waals surface area contributed by atoms with Gasteiger partial charge in [0.15, 0.2) is 0 Å². The van der Waals surface area contributed by atoms with Crippen LogP contribution >= 0.6 is 55.6 Å². The van der Waals surface area contributed by atoms with Gasteiger partial charge in [0.1, 0.15) is 17.2 Å². The molecule has 0 aliphatic carbocycles. The molecule has 0 aliphatic rings. The first-order chi connectivity index (χ1) is 13.7. The third-order valence-electron chi connectivity index (χ3n) is 4.10. The molecule has 0 amide bonds. The van der Waals surface area contributed by atoms with Crippen LogP contribution < -0.4 is 13.6 Å².